The van der Waals surface area contributed by atoms with Crippen LogP contribution in [0.5, 0.6) is 0 Å². The Balaban J connectivity index is 2.53. The molecule has 1 heterocycles. The molecule has 17 heavy (non-hydrogen) atoms. The maximum atomic E-state index is 11.9. The molecule has 0 radical (unpaired) electrons. The van der Waals surface area contributed by atoms with Gasteiger partial charge in [-0.05, 0) is 47.1 Å². The molecule has 0 atom stereocenters. The van der Waals surface area contributed by atoms with Crippen LogP contribution in [-0.4, -0.2) is 79.9 Å². The van der Waals surface area contributed by atoms with Crippen molar-refractivity contribution in [3.63, 3.8) is 0 Å². The van der Waals surface area contributed by atoms with E-state index in [4.69, 9.17) is 11.6 Å². The van der Waals surface area contributed by atoms with E-state index in [0.29, 0.717) is 6.04 Å². The van der Waals surface area contributed by atoms with Gasteiger partial charge in [-0.2, -0.15) is 0 Å². The molecule has 100 valence electrons. The van der Waals surface area contributed by atoms with Gasteiger partial charge in [0.1, 0.15) is 5.88 Å². The molecular formula is C12H24ClN3O. The third-order valence-electron chi connectivity index (χ3n) is 3.35. The van der Waals surface area contributed by atoms with Gasteiger partial charge >= 0.3 is 0 Å². The number of hydrogen-bond acceptors (Lipinski definition) is 3. The molecule has 5 heteroatoms. The van der Waals surface area contributed by atoms with E-state index in [1.807, 2.05) is 19.0 Å². The summed E-state index contributed by atoms with van der Waals surface area (Å²) in [5, 5.41) is 0. The van der Waals surface area contributed by atoms with Crippen molar-refractivity contribution in [1.82, 2.24) is 14.7 Å². The van der Waals surface area contributed by atoms with Gasteiger partial charge in [0, 0.05) is 19.1 Å². The van der Waals surface area contributed by atoms with Crippen molar-refractivity contribution in [2.24, 2.45) is 0 Å². The van der Waals surface area contributed by atoms with Crippen LogP contribution in [0.3, 0.4) is 0 Å². The summed E-state index contributed by atoms with van der Waals surface area (Å²) in [5.74, 6) is 0.169. The van der Waals surface area contributed by atoms with Gasteiger partial charge in [0.25, 0.3) is 0 Å². The molecule has 1 aliphatic rings. The van der Waals surface area contributed by atoms with Crippen molar-refractivity contribution < 1.29 is 4.79 Å². The van der Waals surface area contributed by atoms with Crippen molar-refractivity contribution in [1.29, 1.82) is 0 Å². The fourth-order valence-corrected chi connectivity index (χ4v) is 2.36. The van der Waals surface area contributed by atoms with Gasteiger partial charge in [-0.1, -0.05) is 0 Å². The Hall–Kier alpha value is -0.320. The molecule has 0 aromatic rings. The van der Waals surface area contributed by atoms with E-state index in [2.05, 4.69) is 16.8 Å². The van der Waals surface area contributed by atoms with E-state index in [1.165, 1.54) is 0 Å². The number of nitrogens with zero attached hydrogens (tertiary/aromatic N) is 3. The van der Waals surface area contributed by atoms with Crippen LogP contribution in [0.4, 0.5) is 0 Å². The number of halogens is 1. The minimum atomic E-state index is 0.0723. The first-order valence-electron chi connectivity index (χ1n) is 6.23. The van der Waals surface area contributed by atoms with E-state index in [0.717, 1.165) is 39.0 Å². The van der Waals surface area contributed by atoms with Gasteiger partial charge in [-0.3, -0.25) is 4.79 Å². The molecule has 0 unspecified atom stereocenters. The van der Waals surface area contributed by atoms with Crippen molar-refractivity contribution >= 4 is 17.5 Å². The second-order valence-corrected chi connectivity index (χ2v) is 5.33. The Morgan fingerprint density at radius 3 is 2.35 bits per heavy atom. The molecule has 0 saturated carbocycles. The van der Waals surface area contributed by atoms with Gasteiger partial charge in [-0.25, -0.2) is 0 Å². The fourth-order valence-electron chi connectivity index (χ4n) is 2.20. The van der Waals surface area contributed by atoms with Crippen LogP contribution >= 0.6 is 11.6 Å². The average Bonchev–Trinajstić information content (AvgIpc) is 2.30. The van der Waals surface area contributed by atoms with Crippen molar-refractivity contribution in [3.05, 3.63) is 0 Å². The third-order valence-corrected chi connectivity index (χ3v) is 3.58. The van der Waals surface area contributed by atoms with Crippen LogP contribution in [0.15, 0.2) is 0 Å². The molecule has 4 nitrogen and oxygen atoms in total. The lowest BCUT2D eigenvalue weighted by Gasteiger charge is -2.37. The maximum absolute atomic E-state index is 11.9. The first kappa shape index (κ1) is 14.7. The molecule has 0 spiro atoms. The maximum Gasteiger partial charge on any atom is 0.237 e. The predicted octanol–water partition coefficient (Wildman–Crippen LogP) is 0.710. The molecular weight excluding hydrogens is 238 g/mol. The SMILES string of the molecule is CN(C)CCN(C(=O)CCl)C1CCN(C)CC1. The summed E-state index contributed by atoms with van der Waals surface area (Å²) in [6.45, 7) is 3.82. The molecule has 0 aromatic carbocycles. The zero-order chi connectivity index (χ0) is 12.8. The first-order chi connectivity index (χ1) is 8.04. The zero-order valence-electron chi connectivity index (χ0n) is 11.2. The summed E-state index contributed by atoms with van der Waals surface area (Å²) < 4.78 is 0. The summed E-state index contributed by atoms with van der Waals surface area (Å²) in [6.07, 6.45) is 2.12. The first-order valence-corrected chi connectivity index (χ1v) is 6.76. The lowest BCUT2D eigenvalue weighted by atomic mass is 10.0. The van der Waals surface area contributed by atoms with Crippen LogP contribution in [0.1, 0.15) is 12.8 Å². The van der Waals surface area contributed by atoms with Crippen molar-refractivity contribution in [2.45, 2.75) is 18.9 Å². The number of amides is 1. The normalized spacial score (nSPS) is 18.6. The summed E-state index contributed by atoms with van der Waals surface area (Å²) in [5.41, 5.74) is 0. The molecule has 1 fully saturated rings. The molecule has 1 amide bonds. The van der Waals surface area contributed by atoms with Crippen LogP contribution < -0.4 is 0 Å². The number of rotatable bonds is 5. The number of hydrogen-bond donors (Lipinski definition) is 0. The Bertz CT molecular complexity index is 240. The topological polar surface area (TPSA) is 26.8 Å². The predicted molar refractivity (Wildman–Crippen MR) is 71.5 cm³/mol. The molecule has 0 aliphatic carbocycles. The number of alkyl halides is 1. The van der Waals surface area contributed by atoms with Crippen LogP contribution in [0.25, 0.3) is 0 Å². The highest BCUT2D eigenvalue weighted by atomic mass is 35.5. The van der Waals surface area contributed by atoms with E-state index in [9.17, 15) is 4.79 Å². The molecule has 0 N–H and O–H groups in total. The quantitative estimate of drug-likeness (QED) is 0.682. The van der Waals surface area contributed by atoms with Gasteiger partial charge in [0.05, 0.1) is 0 Å². The second-order valence-electron chi connectivity index (χ2n) is 5.06. The average molecular weight is 262 g/mol. The second kappa shape index (κ2) is 7.19. The monoisotopic (exact) mass is 261 g/mol. The summed E-state index contributed by atoms with van der Waals surface area (Å²) in [4.78, 5) is 18.3. The van der Waals surface area contributed by atoms with Gasteiger partial charge in [-0.15, -0.1) is 11.6 Å². The highest BCUT2D eigenvalue weighted by Gasteiger charge is 2.26. The third kappa shape index (κ3) is 4.82. The Morgan fingerprint density at radius 2 is 1.88 bits per heavy atom. The van der Waals surface area contributed by atoms with E-state index >= 15 is 0 Å². The number of carbonyl (C=O) groups is 1. The Labute approximate surface area is 109 Å². The number of carbonyl (C=O) groups excluding carboxylic acids is 1. The molecule has 0 bridgehead atoms. The summed E-state index contributed by atoms with van der Waals surface area (Å²) in [6, 6.07) is 0.373. The fraction of sp³-hybridized carbons (Fsp3) is 0.917. The van der Waals surface area contributed by atoms with Crippen LogP contribution in [0.2, 0.25) is 0 Å². The van der Waals surface area contributed by atoms with Gasteiger partial charge < -0.3 is 14.7 Å². The van der Waals surface area contributed by atoms with Crippen molar-refractivity contribution in [2.75, 3.05) is 53.2 Å². The lowest BCUT2D eigenvalue weighted by molar-refractivity contribution is -0.131. The Morgan fingerprint density at radius 1 is 1.29 bits per heavy atom. The largest absolute Gasteiger partial charge is 0.337 e. The molecule has 1 saturated heterocycles. The highest BCUT2D eigenvalue weighted by Crippen LogP contribution is 2.16. The van der Waals surface area contributed by atoms with E-state index in [1.54, 1.807) is 0 Å². The minimum Gasteiger partial charge on any atom is -0.337 e. The van der Waals surface area contributed by atoms with Gasteiger partial charge in [0.2, 0.25) is 5.91 Å². The molecule has 1 rings (SSSR count). The van der Waals surface area contributed by atoms with E-state index in [-0.39, 0.29) is 11.8 Å². The summed E-state index contributed by atoms with van der Waals surface area (Å²) in [7, 11) is 6.18. The number of piperidine rings is 1. The summed E-state index contributed by atoms with van der Waals surface area (Å²) >= 11 is 5.69. The zero-order valence-corrected chi connectivity index (χ0v) is 11.9. The standard InChI is InChI=1S/C12H24ClN3O/c1-14(2)8-9-16(12(17)10-13)11-4-6-15(3)7-5-11/h11H,4-10H2,1-3H3. The van der Waals surface area contributed by atoms with Crippen LogP contribution in [-0.2, 0) is 4.79 Å². The smallest absolute Gasteiger partial charge is 0.237 e. The van der Waals surface area contributed by atoms with Gasteiger partial charge in [0.15, 0.2) is 0 Å². The van der Waals surface area contributed by atoms with Crippen LogP contribution in [0, 0.1) is 0 Å². The lowest BCUT2D eigenvalue weighted by Crippen LogP contribution is -2.49. The highest BCUT2D eigenvalue weighted by molar-refractivity contribution is 6.27. The van der Waals surface area contributed by atoms with Crippen molar-refractivity contribution in [3.8, 4) is 0 Å². The minimum absolute atomic E-state index is 0.0723. The van der Waals surface area contributed by atoms with E-state index < -0.39 is 0 Å². The number of likely N-dealkylation sites (N-methyl/N-ethyl adjacent to an activating group) is 1. The number of likely N-dealkylation sites (tertiary alicyclic amines) is 1. The molecule has 1 aliphatic heterocycles. The Kier molecular flexibility index (Phi) is 6.23. The molecule has 0 aromatic heterocycles.